The van der Waals surface area contributed by atoms with Crippen LogP contribution in [-0.2, 0) is 0 Å². The normalized spacial score (nSPS) is 12.5. The summed E-state index contributed by atoms with van der Waals surface area (Å²) in [5.41, 5.74) is 0.507. The van der Waals surface area contributed by atoms with E-state index in [0.717, 1.165) is 11.8 Å². The van der Waals surface area contributed by atoms with Crippen LogP contribution in [0.1, 0.15) is 131 Å². The molecule has 0 heteroatoms. The molecule has 0 amide bonds. The smallest absolute Gasteiger partial charge is 0.0303 e. The van der Waals surface area contributed by atoms with Crippen molar-refractivity contribution < 1.29 is 0 Å². The Labute approximate surface area is 149 Å². The second-order valence-electron chi connectivity index (χ2n) is 8.79. The van der Waals surface area contributed by atoms with Gasteiger partial charge in [0.15, 0.2) is 0 Å². The monoisotopic (exact) mass is 324 g/mol. The fourth-order valence-electron chi connectivity index (χ4n) is 3.70. The molecule has 0 atom stereocenters. The Morgan fingerprint density at radius 2 is 0.913 bits per heavy atom. The molecule has 0 aromatic heterocycles. The van der Waals surface area contributed by atoms with Crippen molar-refractivity contribution in [2.24, 2.45) is 17.3 Å². The largest absolute Gasteiger partial charge is 0.0654 e. The molecule has 0 unspecified atom stereocenters. The summed E-state index contributed by atoms with van der Waals surface area (Å²) in [5, 5.41) is 0. The first-order chi connectivity index (χ1) is 11.0. The van der Waals surface area contributed by atoms with Gasteiger partial charge in [-0.05, 0) is 30.1 Å². The molecule has 0 spiro atoms. The van der Waals surface area contributed by atoms with Crippen molar-refractivity contribution in [3.8, 4) is 0 Å². The minimum absolute atomic E-state index is 0.507. The molecule has 0 heterocycles. The maximum Gasteiger partial charge on any atom is -0.0303 e. The molecule has 0 N–H and O–H groups in total. The lowest BCUT2D eigenvalue weighted by Crippen LogP contribution is -2.29. The third-order valence-electron chi connectivity index (χ3n) is 6.35. The molecule has 140 valence electrons. The van der Waals surface area contributed by atoms with Gasteiger partial charge in [0, 0.05) is 0 Å². The highest BCUT2D eigenvalue weighted by atomic mass is 14.4. The molecule has 0 fully saturated rings. The van der Waals surface area contributed by atoms with Crippen LogP contribution in [0.25, 0.3) is 0 Å². The molecule has 0 radical (unpaired) electrons. The van der Waals surface area contributed by atoms with Gasteiger partial charge in [0.2, 0.25) is 0 Å². The van der Waals surface area contributed by atoms with E-state index in [1.165, 1.54) is 89.9 Å². The second kappa shape index (κ2) is 14.4. The number of hydrogen-bond donors (Lipinski definition) is 0. The molecule has 0 bridgehead atoms. The molecule has 0 aliphatic carbocycles. The lowest BCUT2D eigenvalue weighted by molar-refractivity contribution is 0.115. The van der Waals surface area contributed by atoms with Gasteiger partial charge in [-0.25, -0.2) is 0 Å². The van der Waals surface area contributed by atoms with Crippen LogP contribution in [-0.4, -0.2) is 0 Å². The summed E-state index contributed by atoms with van der Waals surface area (Å²) in [6, 6.07) is 0. The van der Waals surface area contributed by atoms with E-state index in [0.29, 0.717) is 5.41 Å². The first-order valence-corrected chi connectivity index (χ1v) is 11.0. The fourth-order valence-corrected chi connectivity index (χ4v) is 3.70. The van der Waals surface area contributed by atoms with Crippen LogP contribution in [0.15, 0.2) is 0 Å². The van der Waals surface area contributed by atoms with E-state index in [1.807, 2.05) is 0 Å². The van der Waals surface area contributed by atoms with E-state index in [9.17, 15) is 0 Å². The second-order valence-corrected chi connectivity index (χ2v) is 8.79. The van der Waals surface area contributed by atoms with Gasteiger partial charge in [0.1, 0.15) is 0 Å². The lowest BCUT2D eigenvalue weighted by Gasteiger charge is -2.38. The van der Waals surface area contributed by atoms with Gasteiger partial charge in [-0.3, -0.25) is 0 Å². The lowest BCUT2D eigenvalue weighted by atomic mass is 9.67. The molecule has 23 heavy (non-hydrogen) atoms. The average molecular weight is 325 g/mol. The summed E-state index contributed by atoms with van der Waals surface area (Å²) >= 11 is 0. The molecule has 0 nitrogen and oxygen atoms in total. The van der Waals surface area contributed by atoms with E-state index in [2.05, 4.69) is 41.5 Å². The molecule has 0 aliphatic rings. The number of unbranched alkanes of at least 4 members (excludes halogenated alkanes) is 10. The quantitative estimate of drug-likeness (QED) is 0.249. The Morgan fingerprint density at radius 1 is 0.565 bits per heavy atom. The Hall–Kier alpha value is 0. The van der Waals surface area contributed by atoms with Crippen LogP contribution in [0.3, 0.4) is 0 Å². The van der Waals surface area contributed by atoms with E-state index in [-0.39, 0.29) is 0 Å². The van der Waals surface area contributed by atoms with E-state index >= 15 is 0 Å². The third kappa shape index (κ3) is 11.2. The summed E-state index contributed by atoms with van der Waals surface area (Å²) in [4.78, 5) is 0. The molecule has 0 saturated heterocycles. The first kappa shape index (κ1) is 23.0. The molecule has 0 rings (SSSR count). The molecule has 0 aromatic carbocycles. The molecule has 0 aromatic rings. The summed E-state index contributed by atoms with van der Waals surface area (Å²) in [6.07, 6.45) is 20.2. The average Bonchev–Trinajstić information content (AvgIpc) is 2.51. The highest BCUT2D eigenvalue weighted by molar-refractivity contribution is 4.81. The van der Waals surface area contributed by atoms with Crippen LogP contribution in [0.4, 0.5) is 0 Å². The van der Waals surface area contributed by atoms with Crippen LogP contribution in [0.2, 0.25) is 0 Å². The van der Waals surface area contributed by atoms with Crippen molar-refractivity contribution in [3.05, 3.63) is 0 Å². The van der Waals surface area contributed by atoms with Crippen molar-refractivity contribution in [2.75, 3.05) is 0 Å². The van der Waals surface area contributed by atoms with Gasteiger partial charge in [-0.2, -0.15) is 0 Å². The minimum atomic E-state index is 0.507. The van der Waals surface area contributed by atoms with Crippen molar-refractivity contribution in [2.45, 2.75) is 131 Å². The van der Waals surface area contributed by atoms with Gasteiger partial charge >= 0.3 is 0 Å². The van der Waals surface area contributed by atoms with Crippen LogP contribution >= 0.6 is 0 Å². The van der Waals surface area contributed by atoms with Crippen molar-refractivity contribution in [1.29, 1.82) is 0 Å². The standard InChI is InChI=1S/C23H48/c1-7-9-11-13-15-17-19-22(23(5,6)21(3)4)20-18-16-14-12-10-8-2/h21-22H,7-20H2,1-6H3. The zero-order chi connectivity index (χ0) is 17.6. The minimum Gasteiger partial charge on any atom is -0.0654 e. The summed E-state index contributed by atoms with van der Waals surface area (Å²) < 4.78 is 0. The van der Waals surface area contributed by atoms with Crippen LogP contribution < -0.4 is 0 Å². The van der Waals surface area contributed by atoms with Gasteiger partial charge in [-0.15, -0.1) is 0 Å². The van der Waals surface area contributed by atoms with Crippen LogP contribution in [0, 0.1) is 17.3 Å². The third-order valence-corrected chi connectivity index (χ3v) is 6.35. The van der Waals surface area contributed by atoms with Gasteiger partial charge in [0.05, 0.1) is 0 Å². The Balaban J connectivity index is 4.10. The van der Waals surface area contributed by atoms with Gasteiger partial charge in [0.25, 0.3) is 0 Å². The fraction of sp³-hybridized carbons (Fsp3) is 1.00. The van der Waals surface area contributed by atoms with Gasteiger partial charge in [-0.1, -0.05) is 119 Å². The van der Waals surface area contributed by atoms with Crippen LogP contribution in [0.5, 0.6) is 0 Å². The number of rotatable bonds is 16. The SMILES string of the molecule is CCCCCCCCC(CCCCCCCC)C(C)(C)C(C)C. The van der Waals surface area contributed by atoms with E-state index in [4.69, 9.17) is 0 Å². The number of hydrogen-bond acceptors (Lipinski definition) is 0. The van der Waals surface area contributed by atoms with Crippen molar-refractivity contribution >= 4 is 0 Å². The van der Waals surface area contributed by atoms with Crippen molar-refractivity contribution in [3.63, 3.8) is 0 Å². The highest BCUT2D eigenvalue weighted by Crippen LogP contribution is 2.41. The summed E-state index contributed by atoms with van der Waals surface area (Å²) in [7, 11) is 0. The zero-order valence-electron chi connectivity index (χ0n) is 17.6. The molecule has 0 saturated carbocycles. The Morgan fingerprint density at radius 3 is 1.26 bits per heavy atom. The topological polar surface area (TPSA) is 0 Å². The first-order valence-electron chi connectivity index (χ1n) is 11.0. The molecule has 0 aliphatic heterocycles. The Bertz CT molecular complexity index is 222. The summed E-state index contributed by atoms with van der Waals surface area (Å²) in [6.45, 7) is 14.5. The molecular formula is C23H48. The van der Waals surface area contributed by atoms with Gasteiger partial charge < -0.3 is 0 Å². The maximum atomic E-state index is 2.52. The predicted octanol–water partition coefficient (Wildman–Crippen LogP) is 8.79. The van der Waals surface area contributed by atoms with E-state index < -0.39 is 0 Å². The Kier molecular flexibility index (Phi) is 14.4. The molecular weight excluding hydrogens is 276 g/mol. The highest BCUT2D eigenvalue weighted by Gasteiger charge is 2.31. The van der Waals surface area contributed by atoms with E-state index in [1.54, 1.807) is 0 Å². The predicted molar refractivity (Wildman–Crippen MR) is 108 cm³/mol. The van der Waals surface area contributed by atoms with Crippen molar-refractivity contribution in [1.82, 2.24) is 0 Å². The maximum absolute atomic E-state index is 2.52. The summed E-state index contributed by atoms with van der Waals surface area (Å²) in [5.74, 6) is 1.73. The zero-order valence-corrected chi connectivity index (χ0v) is 17.6.